The fourth-order valence-corrected chi connectivity index (χ4v) is 2.06. The minimum absolute atomic E-state index is 0.263. The van der Waals surface area contributed by atoms with Crippen LogP contribution in [0.4, 0.5) is 0 Å². The quantitative estimate of drug-likeness (QED) is 0.803. The van der Waals surface area contributed by atoms with Crippen molar-refractivity contribution in [2.24, 2.45) is 0 Å². The van der Waals surface area contributed by atoms with Crippen LogP contribution < -0.4 is 4.72 Å². The van der Waals surface area contributed by atoms with Crippen molar-refractivity contribution >= 4 is 10.0 Å². The first-order valence-electron chi connectivity index (χ1n) is 5.11. The third kappa shape index (κ3) is 3.30. The summed E-state index contributed by atoms with van der Waals surface area (Å²) in [4.78, 5) is 0. The van der Waals surface area contributed by atoms with E-state index in [1.54, 1.807) is 0 Å². The Morgan fingerprint density at radius 3 is 2.56 bits per heavy atom. The van der Waals surface area contributed by atoms with Gasteiger partial charge in [-0.25, -0.2) is 13.1 Å². The molecule has 1 rings (SSSR count). The van der Waals surface area contributed by atoms with E-state index in [1.807, 2.05) is 31.2 Å². The Kier molecular flexibility index (Phi) is 4.46. The van der Waals surface area contributed by atoms with Gasteiger partial charge < -0.3 is 5.11 Å². The number of sulfonamides is 1. The Bertz CT molecular complexity index is 442. The summed E-state index contributed by atoms with van der Waals surface area (Å²) in [5.41, 5.74) is 1.98. The molecule has 2 N–H and O–H groups in total. The lowest BCUT2D eigenvalue weighted by Crippen LogP contribution is -2.34. The normalized spacial score (nSPS) is 13.7. The van der Waals surface area contributed by atoms with Crippen LogP contribution in [-0.2, 0) is 16.6 Å². The summed E-state index contributed by atoms with van der Waals surface area (Å²) in [6, 6.07) is 7.58. The van der Waals surface area contributed by atoms with Gasteiger partial charge in [0.2, 0.25) is 10.0 Å². The summed E-state index contributed by atoms with van der Waals surface area (Å²) in [5.74, 6) is 0. The van der Waals surface area contributed by atoms with Gasteiger partial charge in [0, 0.05) is 6.54 Å². The smallest absolute Gasteiger partial charge is 0.216 e. The molecule has 1 atom stereocenters. The third-order valence-corrected chi connectivity index (χ3v) is 4.27. The molecule has 0 saturated heterocycles. The predicted octanol–water partition coefficient (Wildman–Crippen LogP) is 0.795. The first kappa shape index (κ1) is 13.2. The van der Waals surface area contributed by atoms with E-state index in [-0.39, 0.29) is 13.2 Å². The summed E-state index contributed by atoms with van der Waals surface area (Å²) in [7, 11) is -3.43. The van der Waals surface area contributed by atoms with Gasteiger partial charge in [0.25, 0.3) is 0 Å². The highest BCUT2D eigenvalue weighted by molar-refractivity contribution is 7.90. The van der Waals surface area contributed by atoms with Crippen LogP contribution >= 0.6 is 0 Å². The summed E-state index contributed by atoms with van der Waals surface area (Å²) in [6.45, 7) is 3.29. The van der Waals surface area contributed by atoms with Gasteiger partial charge in [-0.05, 0) is 25.0 Å². The van der Waals surface area contributed by atoms with Crippen molar-refractivity contribution in [3.8, 4) is 0 Å². The van der Waals surface area contributed by atoms with Crippen LogP contribution in [0.2, 0.25) is 0 Å². The van der Waals surface area contributed by atoms with Crippen molar-refractivity contribution in [3.63, 3.8) is 0 Å². The number of hydrogen-bond acceptors (Lipinski definition) is 3. The van der Waals surface area contributed by atoms with Gasteiger partial charge in [-0.1, -0.05) is 24.3 Å². The van der Waals surface area contributed by atoms with Gasteiger partial charge in [0.05, 0.1) is 11.9 Å². The van der Waals surface area contributed by atoms with E-state index in [1.165, 1.54) is 6.92 Å². The molecule has 1 unspecified atom stereocenters. The zero-order valence-electron chi connectivity index (χ0n) is 9.47. The van der Waals surface area contributed by atoms with E-state index in [0.29, 0.717) is 0 Å². The largest absolute Gasteiger partial charge is 0.395 e. The number of rotatable bonds is 5. The molecule has 0 heterocycles. The topological polar surface area (TPSA) is 66.4 Å². The van der Waals surface area contributed by atoms with Gasteiger partial charge in [-0.15, -0.1) is 0 Å². The molecule has 0 aromatic heterocycles. The molecule has 16 heavy (non-hydrogen) atoms. The van der Waals surface area contributed by atoms with Gasteiger partial charge >= 0.3 is 0 Å². The second kappa shape index (κ2) is 5.43. The minimum atomic E-state index is -3.43. The predicted molar refractivity (Wildman–Crippen MR) is 63.5 cm³/mol. The van der Waals surface area contributed by atoms with E-state index >= 15 is 0 Å². The maximum atomic E-state index is 11.6. The van der Waals surface area contributed by atoms with Crippen LogP contribution in [0.15, 0.2) is 24.3 Å². The molecule has 0 aliphatic heterocycles. The molecule has 0 fully saturated rings. The van der Waals surface area contributed by atoms with Crippen LogP contribution in [0.3, 0.4) is 0 Å². The van der Waals surface area contributed by atoms with E-state index in [0.717, 1.165) is 11.1 Å². The molecule has 0 spiro atoms. The second-order valence-corrected chi connectivity index (χ2v) is 5.97. The van der Waals surface area contributed by atoms with Crippen LogP contribution in [-0.4, -0.2) is 25.4 Å². The number of aliphatic hydroxyl groups excluding tert-OH is 1. The SMILES string of the molecule is Cc1ccccc1CNS(=O)(=O)C(C)CO. The Labute approximate surface area is 96.4 Å². The second-order valence-electron chi connectivity index (χ2n) is 3.79. The molecule has 4 nitrogen and oxygen atoms in total. The van der Waals surface area contributed by atoms with E-state index in [4.69, 9.17) is 5.11 Å². The molecule has 0 bridgehead atoms. The highest BCUT2D eigenvalue weighted by atomic mass is 32.2. The lowest BCUT2D eigenvalue weighted by atomic mass is 10.1. The van der Waals surface area contributed by atoms with Gasteiger partial charge in [0.15, 0.2) is 0 Å². The first-order valence-corrected chi connectivity index (χ1v) is 6.66. The summed E-state index contributed by atoms with van der Waals surface area (Å²) >= 11 is 0. The Morgan fingerprint density at radius 2 is 2.00 bits per heavy atom. The molecule has 5 heteroatoms. The van der Waals surface area contributed by atoms with Gasteiger partial charge in [-0.3, -0.25) is 0 Å². The maximum absolute atomic E-state index is 11.6. The van der Waals surface area contributed by atoms with Crippen LogP contribution in [0.5, 0.6) is 0 Å². The number of benzene rings is 1. The fraction of sp³-hybridized carbons (Fsp3) is 0.455. The highest BCUT2D eigenvalue weighted by Gasteiger charge is 2.19. The zero-order chi connectivity index (χ0) is 12.2. The molecule has 90 valence electrons. The van der Waals surface area contributed by atoms with Gasteiger partial charge in [-0.2, -0.15) is 0 Å². The van der Waals surface area contributed by atoms with Crippen LogP contribution in [0, 0.1) is 6.92 Å². The monoisotopic (exact) mass is 243 g/mol. The van der Waals surface area contributed by atoms with Crippen molar-refractivity contribution in [1.29, 1.82) is 0 Å². The molecule has 1 aromatic rings. The lowest BCUT2D eigenvalue weighted by molar-refractivity contribution is 0.294. The van der Waals surface area contributed by atoms with Crippen molar-refractivity contribution in [3.05, 3.63) is 35.4 Å². The highest BCUT2D eigenvalue weighted by Crippen LogP contribution is 2.07. The Balaban J connectivity index is 2.69. The third-order valence-electron chi connectivity index (χ3n) is 2.51. The van der Waals surface area contributed by atoms with Crippen LogP contribution in [0.1, 0.15) is 18.1 Å². The first-order chi connectivity index (χ1) is 7.47. The summed E-state index contributed by atoms with van der Waals surface area (Å²) in [6.07, 6.45) is 0. The average molecular weight is 243 g/mol. The van der Waals surface area contributed by atoms with E-state index in [2.05, 4.69) is 4.72 Å². The average Bonchev–Trinajstić information content (AvgIpc) is 2.27. The van der Waals surface area contributed by atoms with E-state index < -0.39 is 15.3 Å². The minimum Gasteiger partial charge on any atom is -0.395 e. The number of hydrogen-bond donors (Lipinski definition) is 2. The van der Waals surface area contributed by atoms with Crippen molar-refractivity contribution < 1.29 is 13.5 Å². The molecule has 0 saturated carbocycles. The van der Waals surface area contributed by atoms with Gasteiger partial charge in [0.1, 0.15) is 0 Å². The fourth-order valence-electron chi connectivity index (χ4n) is 1.23. The number of nitrogens with one attached hydrogen (secondary N) is 1. The molecular weight excluding hydrogens is 226 g/mol. The van der Waals surface area contributed by atoms with Crippen LogP contribution in [0.25, 0.3) is 0 Å². The lowest BCUT2D eigenvalue weighted by Gasteiger charge is -2.12. The summed E-state index contributed by atoms with van der Waals surface area (Å²) in [5, 5.41) is 8.02. The molecule has 0 aliphatic carbocycles. The zero-order valence-corrected chi connectivity index (χ0v) is 10.3. The molecule has 0 amide bonds. The molecule has 1 aromatic carbocycles. The van der Waals surface area contributed by atoms with Crippen molar-refractivity contribution in [2.75, 3.05) is 6.61 Å². The Morgan fingerprint density at radius 1 is 1.38 bits per heavy atom. The van der Waals surface area contributed by atoms with Crippen molar-refractivity contribution in [2.45, 2.75) is 25.6 Å². The molecule has 0 radical (unpaired) electrons. The Hall–Kier alpha value is -0.910. The number of aliphatic hydroxyl groups is 1. The maximum Gasteiger partial charge on any atom is 0.216 e. The standard InChI is InChI=1S/C11H17NO3S/c1-9-5-3-4-6-11(9)7-12-16(14,15)10(2)8-13/h3-6,10,12-13H,7-8H2,1-2H3. The molecular formula is C11H17NO3S. The number of aryl methyl sites for hydroxylation is 1. The van der Waals surface area contributed by atoms with E-state index in [9.17, 15) is 8.42 Å². The summed E-state index contributed by atoms with van der Waals surface area (Å²) < 4.78 is 25.6. The molecule has 0 aliphatic rings. The van der Waals surface area contributed by atoms with Crippen molar-refractivity contribution in [1.82, 2.24) is 4.72 Å².